The van der Waals surface area contributed by atoms with Crippen molar-refractivity contribution in [3.05, 3.63) is 59.4 Å². The summed E-state index contributed by atoms with van der Waals surface area (Å²) in [5.41, 5.74) is 2.80. The van der Waals surface area contributed by atoms with Crippen LogP contribution in [0.2, 0.25) is 0 Å². The van der Waals surface area contributed by atoms with Gasteiger partial charge in [-0.15, -0.1) is 24.0 Å². The number of benzene rings is 2. The molecule has 0 aromatic heterocycles. The number of halogens is 2. The van der Waals surface area contributed by atoms with Gasteiger partial charge in [-0.3, -0.25) is 4.79 Å². The maximum Gasteiger partial charge on any atom is 0.227 e. The molecule has 0 bridgehead atoms. The molecule has 1 aliphatic heterocycles. The molecule has 0 unspecified atom stereocenters. The zero-order valence-corrected chi connectivity index (χ0v) is 20.3. The van der Waals surface area contributed by atoms with Crippen LogP contribution in [0.4, 0.5) is 10.1 Å². The van der Waals surface area contributed by atoms with Crippen molar-refractivity contribution in [1.29, 1.82) is 0 Å². The number of nitrogens with zero attached hydrogens (tertiary/aromatic N) is 2. The van der Waals surface area contributed by atoms with Crippen molar-refractivity contribution in [2.24, 2.45) is 4.99 Å². The van der Waals surface area contributed by atoms with Gasteiger partial charge in [0.2, 0.25) is 5.91 Å². The summed E-state index contributed by atoms with van der Waals surface area (Å²) in [5.74, 6) is 0.729. The lowest BCUT2D eigenvalue weighted by Gasteiger charge is -2.16. The minimum absolute atomic E-state index is 0. The Hall–Kier alpha value is -2.36. The number of hydrogen-bond acceptors (Lipinski definition) is 3. The summed E-state index contributed by atoms with van der Waals surface area (Å²) < 4.78 is 19.3. The second-order valence-electron chi connectivity index (χ2n) is 7.06. The second kappa shape index (κ2) is 12.5. The highest BCUT2D eigenvalue weighted by Crippen LogP contribution is 2.21. The van der Waals surface area contributed by atoms with Crippen molar-refractivity contribution in [1.82, 2.24) is 10.6 Å². The van der Waals surface area contributed by atoms with Crippen LogP contribution in [0.3, 0.4) is 0 Å². The Morgan fingerprint density at radius 2 is 1.87 bits per heavy atom. The third kappa shape index (κ3) is 7.09. The van der Waals surface area contributed by atoms with Crippen LogP contribution in [0.15, 0.2) is 47.5 Å². The molecule has 0 radical (unpaired) electrons. The van der Waals surface area contributed by atoms with Gasteiger partial charge in [-0.25, -0.2) is 9.38 Å². The van der Waals surface area contributed by atoms with Crippen LogP contribution >= 0.6 is 24.0 Å². The normalized spacial score (nSPS) is 13.7. The molecule has 0 aliphatic carbocycles. The number of rotatable bonds is 8. The lowest BCUT2D eigenvalue weighted by molar-refractivity contribution is -0.117. The molecular weight excluding hydrogens is 510 g/mol. The van der Waals surface area contributed by atoms with E-state index in [1.807, 2.05) is 49.1 Å². The van der Waals surface area contributed by atoms with E-state index in [0.717, 1.165) is 36.3 Å². The summed E-state index contributed by atoms with van der Waals surface area (Å²) in [6, 6.07) is 12.9. The summed E-state index contributed by atoms with van der Waals surface area (Å²) in [6.45, 7) is 6.71. The molecular formula is C23H30FIN4O2. The summed E-state index contributed by atoms with van der Waals surface area (Å²) in [4.78, 5) is 18.2. The summed E-state index contributed by atoms with van der Waals surface area (Å²) >= 11 is 0. The van der Waals surface area contributed by atoms with E-state index < -0.39 is 0 Å². The molecule has 168 valence electrons. The van der Waals surface area contributed by atoms with Crippen molar-refractivity contribution in [3.63, 3.8) is 0 Å². The molecule has 1 heterocycles. The number of aliphatic imine (C=N–C) groups is 1. The van der Waals surface area contributed by atoms with Crippen molar-refractivity contribution >= 4 is 41.5 Å². The maximum absolute atomic E-state index is 14.0. The standard InChI is InChI=1S/C23H29FN4O2.HI/c1-3-25-23(27-16-18-9-12-21(30-4-2)20(24)14-18)26-15-17-7-10-19(11-8-17)28-13-5-6-22(28)29;/h7-12,14H,3-6,13,15-16H2,1-2H3,(H2,25,26,27);1H. The van der Waals surface area contributed by atoms with Crippen LogP contribution in [-0.4, -0.2) is 31.6 Å². The highest BCUT2D eigenvalue weighted by molar-refractivity contribution is 14.0. The Bertz CT molecular complexity index is 890. The smallest absolute Gasteiger partial charge is 0.227 e. The summed E-state index contributed by atoms with van der Waals surface area (Å²) in [6.07, 6.45) is 1.55. The van der Waals surface area contributed by atoms with Crippen LogP contribution < -0.4 is 20.3 Å². The predicted octanol–water partition coefficient (Wildman–Crippen LogP) is 4.22. The van der Waals surface area contributed by atoms with E-state index in [0.29, 0.717) is 32.1 Å². The Morgan fingerprint density at radius 3 is 2.48 bits per heavy atom. The summed E-state index contributed by atoms with van der Waals surface area (Å²) in [7, 11) is 0. The average molecular weight is 540 g/mol. The number of hydrogen-bond donors (Lipinski definition) is 2. The zero-order chi connectivity index (χ0) is 21.3. The molecule has 8 heteroatoms. The van der Waals surface area contributed by atoms with E-state index >= 15 is 0 Å². The zero-order valence-electron chi connectivity index (χ0n) is 18.0. The quantitative estimate of drug-likeness (QED) is 0.299. The van der Waals surface area contributed by atoms with Crippen LogP contribution in [-0.2, 0) is 17.9 Å². The highest BCUT2D eigenvalue weighted by Gasteiger charge is 2.21. The van der Waals surface area contributed by atoms with Crippen LogP contribution in [0.25, 0.3) is 0 Å². The Labute approximate surface area is 200 Å². The van der Waals surface area contributed by atoms with E-state index in [1.165, 1.54) is 6.07 Å². The first-order valence-electron chi connectivity index (χ1n) is 10.4. The molecule has 1 fully saturated rings. The first-order chi connectivity index (χ1) is 14.6. The number of carbonyl (C=O) groups is 1. The number of nitrogens with one attached hydrogen (secondary N) is 2. The number of guanidine groups is 1. The molecule has 0 atom stereocenters. The molecule has 3 rings (SSSR count). The molecule has 0 spiro atoms. The number of carbonyl (C=O) groups excluding carboxylic acids is 1. The highest BCUT2D eigenvalue weighted by atomic mass is 127. The van der Waals surface area contributed by atoms with Gasteiger partial charge in [0.1, 0.15) is 0 Å². The topological polar surface area (TPSA) is 66.0 Å². The lowest BCUT2D eigenvalue weighted by Crippen LogP contribution is -2.36. The van der Waals surface area contributed by atoms with Crippen molar-refractivity contribution < 1.29 is 13.9 Å². The fourth-order valence-corrected chi connectivity index (χ4v) is 3.33. The SMILES string of the molecule is CCNC(=NCc1ccc(OCC)c(F)c1)NCc1ccc(N2CCCC2=O)cc1.I. The Balaban J connectivity index is 0.00000341. The van der Waals surface area contributed by atoms with Crippen LogP contribution in [0.1, 0.15) is 37.8 Å². The van der Waals surface area contributed by atoms with Crippen molar-refractivity contribution in [2.75, 3.05) is 24.6 Å². The minimum atomic E-state index is -0.376. The number of anilines is 1. The van der Waals surface area contributed by atoms with Gasteiger partial charge in [0.15, 0.2) is 17.5 Å². The fourth-order valence-electron chi connectivity index (χ4n) is 3.33. The van der Waals surface area contributed by atoms with Crippen LogP contribution in [0.5, 0.6) is 5.75 Å². The van der Waals surface area contributed by atoms with Gasteiger partial charge in [-0.2, -0.15) is 0 Å². The van der Waals surface area contributed by atoms with E-state index in [9.17, 15) is 9.18 Å². The first-order valence-corrected chi connectivity index (χ1v) is 10.4. The molecule has 31 heavy (non-hydrogen) atoms. The molecule has 1 amide bonds. The Morgan fingerprint density at radius 1 is 1.13 bits per heavy atom. The van der Waals surface area contributed by atoms with Crippen molar-refractivity contribution in [3.8, 4) is 5.75 Å². The number of amides is 1. The molecule has 1 aliphatic rings. The molecule has 0 saturated carbocycles. The largest absolute Gasteiger partial charge is 0.491 e. The van der Waals surface area contributed by atoms with Crippen molar-refractivity contribution in [2.45, 2.75) is 39.8 Å². The predicted molar refractivity (Wildman–Crippen MR) is 133 cm³/mol. The fraction of sp³-hybridized carbons (Fsp3) is 0.391. The number of ether oxygens (including phenoxy) is 1. The van der Waals surface area contributed by atoms with Gasteiger partial charge in [0, 0.05) is 31.7 Å². The second-order valence-corrected chi connectivity index (χ2v) is 7.06. The van der Waals surface area contributed by atoms with Gasteiger partial charge in [-0.05, 0) is 55.7 Å². The van der Waals surface area contributed by atoms with E-state index in [-0.39, 0.29) is 41.5 Å². The molecule has 2 aromatic rings. The van der Waals surface area contributed by atoms with Gasteiger partial charge in [0.05, 0.1) is 13.2 Å². The first kappa shape index (κ1) is 24.9. The average Bonchev–Trinajstić information content (AvgIpc) is 3.18. The molecule has 2 aromatic carbocycles. The molecule has 2 N–H and O–H groups in total. The lowest BCUT2D eigenvalue weighted by atomic mass is 10.2. The van der Waals surface area contributed by atoms with E-state index in [4.69, 9.17) is 4.74 Å². The monoisotopic (exact) mass is 540 g/mol. The minimum Gasteiger partial charge on any atom is -0.491 e. The third-order valence-electron chi connectivity index (χ3n) is 4.84. The van der Waals surface area contributed by atoms with Gasteiger partial charge in [-0.1, -0.05) is 18.2 Å². The molecule has 1 saturated heterocycles. The third-order valence-corrected chi connectivity index (χ3v) is 4.84. The van der Waals surface area contributed by atoms with E-state index in [2.05, 4.69) is 15.6 Å². The Kier molecular flexibility index (Phi) is 10.0. The van der Waals surface area contributed by atoms with Crippen LogP contribution in [0, 0.1) is 5.82 Å². The molecule has 6 nitrogen and oxygen atoms in total. The van der Waals surface area contributed by atoms with Gasteiger partial charge < -0.3 is 20.3 Å². The van der Waals surface area contributed by atoms with Gasteiger partial charge >= 0.3 is 0 Å². The summed E-state index contributed by atoms with van der Waals surface area (Å²) in [5, 5.41) is 6.49. The van der Waals surface area contributed by atoms with Gasteiger partial charge in [0.25, 0.3) is 0 Å². The van der Waals surface area contributed by atoms with E-state index in [1.54, 1.807) is 6.07 Å². The maximum atomic E-state index is 14.0.